The minimum atomic E-state index is -0.384. The summed E-state index contributed by atoms with van der Waals surface area (Å²) in [6.45, 7) is 7.96. The predicted octanol–water partition coefficient (Wildman–Crippen LogP) is 2.96. The second-order valence-corrected chi connectivity index (χ2v) is 6.51. The molecule has 2 aromatic rings. The van der Waals surface area contributed by atoms with E-state index in [1.54, 1.807) is 12.3 Å². The first-order chi connectivity index (χ1) is 10.3. The number of hydrogen-bond acceptors (Lipinski definition) is 5. The van der Waals surface area contributed by atoms with E-state index >= 15 is 0 Å². The van der Waals surface area contributed by atoms with Crippen molar-refractivity contribution in [3.8, 4) is 0 Å². The van der Waals surface area contributed by atoms with Crippen LogP contribution in [0.2, 0.25) is 0 Å². The number of fused-ring (bicyclic) bond motifs is 1. The molecule has 2 aromatic heterocycles. The fraction of sp³-hybridized carbons (Fsp3) is 0.438. The van der Waals surface area contributed by atoms with Gasteiger partial charge >= 0.3 is 7.12 Å². The molecule has 0 atom stereocenters. The quantitative estimate of drug-likeness (QED) is 0.883. The van der Waals surface area contributed by atoms with Crippen molar-refractivity contribution in [3.05, 3.63) is 35.6 Å². The Balaban J connectivity index is 1.78. The SMILES string of the molecule is CC1(C)OB(/C=C/c2cnc3cc(CO)oc3c2)OC1(C)C. The van der Waals surface area contributed by atoms with Crippen LogP contribution in [-0.2, 0) is 15.9 Å². The van der Waals surface area contributed by atoms with Gasteiger partial charge in [-0.05, 0) is 39.3 Å². The molecule has 116 valence electrons. The zero-order chi connectivity index (χ0) is 16.0. The number of pyridine rings is 1. The molecule has 3 rings (SSSR count). The minimum Gasteiger partial charge on any atom is -0.457 e. The van der Waals surface area contributed by atoms with E-state index in [4.69, 9.17) is 18.8 Å². The second kappa shape index (κ2) is 5.23. The molecule has 6 heteroatoms. The van der Waals surface area contributed by atoms with Crippen LogP contribution in [0.3, 0.4) is 0 Å². The minimum absolute atomic E-state index is 0.130. The zero-order valence-corrected chi connectivity index (χ0v) is 13.3. The van der Waals surface area contributed by atoms with Gasteiger partial charge in [0, 0.05) is 12.3 Å². The average Bonchev–Trinajstić information content (AvgIpc) is 2.94. The number of aliphatic hydroxyl groups excluding tert-OH is 1. The van der Waals surface area contributed by atoms with Gasteiger partial charge in [0.05, 0.1) is 11.2 Å². The van der Waals surface area contributed by atoms with Gasteiger partial charge in [0.2, 0.25) is 0 Å². The maximum absolute atomic E-state index is 9.08. The molecule has 5 nitrogen and oxygen atoms in total. The van der Waals surface area contributed by atoms with Crippen LogP contribution in [0, 0.1) is 0 Å². The summed E-state index contributed by atoms with van der Waals surface area (Å²) in [5.41, 5.74) is 1.58. The highest BCUT2D eigenvalue weighted by molar-refractivity contribution is 6.52. The third-order valence-corrected chi connectivity index (χ3v) is 4.31. The summed E-state index contributed by atoms with van der Waals surface area (Å²) in [5.74, 6) is 2.38. The lowest BCUT2D eigenvalue weighted by Gasteiger charge is -2.32. The van der Waals surface area contributed by atoms with E-state index in [9.17, 15) is 0 Å². The van der Waals surface area contributed by atoms with Gasteiger partial charge in [-0.15, -0.1) is 0 Å². The largest absolute Gasteiger partial charge is 0.487 e. The highest BCUT2D eigenvalue weighted by Gasteiger charge is 2.49. The Hall–Kier alpha value is -1.63. The molecule has 0 saturated carbocycles. The summed E-state index contributed by atoms with van der Waals surface area (Å²) in [5, 5.41) is 9.08. The lowest BCUT2D eigenvalue weighted by atomic mass is 9.89. The average molecular weight is 301 g/mol. The molecule has 0 radical (unpaired) electrons. The van der Waals surface area contributed by atoms with Gasteiger partial charge in [-0.2, -0.15) is 0 Å². The summed E-state index contributed by atoms with van der Waals surface area (Å²) in [7, 11) is -0.384. The van der Waals surface area contributed by atoms with Crippen molar-refractivity contribution >= 4 is 24.3 Å². The second-order valence-electron chi connectivity index (χ2n) is 6.51. The Morgan fingerprint density at radius 1 is 1.18 bits per heavy atom. The van der Waals surface area contributed by atoms with Gasteiger partial charge in [-0.1, -0.05) is 12.1 Å². The molecule has 0 aliphatic carbocycles. The monoisotopic (exact) mass is 301 g/mol. The number of nitrogens with zero attached hydrogens (tertiary/aromatic N) is 1. The Morgan fingerprint density at radius 3 is 2.50 bits per heavy atom. The van der Waals surface area contributed by atoms with E-state index in [2.05, 4.69) is 4.98 Å². The van der Waals surface area contributed by atoms with Crippen molar-refractivity contribution in [2.45, 2.75) is 45.5 Å². The lowest BCUT2D eigenvalue weighted by molar-refractivity contribution is 0.00578. The summed E-state index contributed by atoms with van der Waals surface area (Å²) in [6.07, 6.45) is 3.65. The van der Waals surface area contributed by atoms with E-state index < -0.39 is 0 Å². The van der Waals surface area contributed by atoms with E-state index in [0.29, 0.717) is 11.3 Å². The molecule has 1 aliphatic rings. The highest BCUT2D eigenvalue weighted by atomic mass is 16.7. The van der Waals surface area contributed by atoms with Gasteiger partial charge in [0.25, 0.3) is 0 Å². The third kappa shape index (κ3) is 2.69. The first-order valence-corrected chi connectivity index (χ1v) is 7.34. The first kappa shape index (κ1) is 15.3. The van der Waals surface area contributed by atoms with E-state index in [-0.39, 0.29) is 24.9 Å². The molecule has 0 amide bonds. The third-order valence-electron chi connectivity index (χ3n) is 4.31. The molecular formula is C16H20BNO4. The van der Waals surface area contributed by atoms with E-state index in [0.717, 1.165) is 11.1 Å². The zero-order valence-electron chi connectivity index (χ0n) is 13.3. The predicted molar refractivity (Wildman–Crippen MR) is 85.0 cm³/mol. The topological polar surface area (TPSA) is 64.7 Å². The molecule has 22 heavy (non-hydrogen) atoms. The van der Waals surface area contributed by atoms with E-state index in [1.165, 1.54) is 0 Å². The van der Waals surface area contributed by atoms with Crippen LogP contribution < -0.4 is 0 Å². The van der Waals surface area contributed by atoms with Gasteiger partial charge < -0.3 is 18.8 Å². The number of hydrogen-bond donors (Lipinski definition) is 1. The number of rotatable bonds is 3. The van der Waals surface area contributed by atoms with Crippen molar-refractivity contribution < 1.29 is 18.8 Å². The normalized spacial score (nSPS) is 20.3. The summed E-state index contributed by atoms with van der Waals surface area (Å²) in [4.78, 5) is 4.31. The number of furan rings is 1. The van der Waals surface area contributed by atoms with Crippen molar-refractivity contribution in [3.63, 3.8) is 0 Å². The Morgan fingerprint density at radius 2 is 1.86 bits per heavy atom. The molecule has 0 bridgehead atoms. The van der Waals surface area contributed by atoms with Crippen LogP contribution in [0.25, 0.3) is 17.2 Å². The fourth-order valence-electron chi connectivity index (χ4n) is 2.31. The summed E-state index contributed by atoms with van der Waals surface area (Å²) < 4.78 is 17.3. The van der Waals surface area contributed by atoms with Crippen LogP contribution in [0.1, 0.15) is 39.0 Å². The van der Waals surface area contributed by atoms with Gasteiger partial charge in [0.15, 0.2) is 5.58 Å². The van der Waals surface area contributed by atoms with Gasteiger partial charge in [0.1, 0.15) is 17.9 Å². The molecular weight excluding hydrogens is 281 g/mol. The standard InChI is InChI=1S/C16H20BNO4/c1-15(2)16(3,4)22-17(21-15)6-5-11-7-14-13(18-9-11)8-12(10-19)20-14/h5-9,19H,10H2,1-4H3/b6-5+. The molecule has 0 spiro atoms. The summed E-state index contributed by atoms with van der Waals surface area (Å²) >= 11 is 0. The molecule has 0 aromatic carbocycles. The van der Waals surface area contributed by atoms with Crippen LogP contribution >= 0.6 is 0 Å². The van der Waals surface area contributed by atoms with Crippen LogP contribution in [0.4, 0.5) is 0 Å². The number of aromatic nitrogens is 1. The van der Waals surface area contributed by atoms with Gasteiger partial charge in [-0.3, -0.25) is 4.98 Å². The molecule has 1 aliphatic heterocycles. The van der Waals surface area contributed by atoms with Crippen molar-refractivity contribution in [1.82, 2.24) is 4.98 Å². The first-order valence-electron chi connectivity index (χ1n) is 7.34. The van der Waals surface area contributed by atoms with Gasteiger partial charge in [-0.25, -0.2) is 0 Å². The number of aliphatic hydroxyl groups is 1. The van der Waals surface area contributed by atoms with Crippen molar-refractivity contribution in [2.75, 3.05) is 0 Å². The summed E-state index contributed by atoms with van der Waals surface area (Å²) in [6, 6.07) is 3.61. The Labute approximate surface area is 130 Å². The molecule has 1 N–H and O–H groups in total. The maximum atomic E-state index is 9.08. The van der Waals surface area contributed by atoms with Crippen LogP contribution in [-0.4, -0.2) is 28.4 Å². The molecule has 3 heterocycles. The maximum Gasteiger partial charge on any atom is 0.487 e. The Kier molecular flexibility index (Phi) is 3.63. The molecule has 0 unspecified atom stereocenters. The smallest absolute Gasteiger partial charge is 0.457 e. The fourth-order valence-corrected chi connectivity index (χ4v) is 2.31. The Bertz CT molecular complexity index is 704. The van der Waals surface area contributed by atoms with Crippen molar-refractivity contribution in [1.29, 1.82) is 0 Å². The lowest BCUT2D eigenvalue weighted by Crippen LogP contribution is -2.41. The van der Waals surface area contributed by atoms with Crippen molar-refractivity contribution in [2.24, 2.45) is 0 Å². The van der Waals surface area contributed by atoms with Crippen LogP contribution in [0.15, 0.2) is 28.7 Å². The van der Waals surface area contributed by atoms with E-state index in [1.807, 2.05) is 45.8 Å². The highest BCUT2D eigenvalue weighted by Crippen LogP contribution is 2.37. The molecule has 1 fully saturated rings. The molecule has 1 saturated heterocycles. The van der Waals surface area contributed by atoms with Crippen LogP contribution in [0.5, 0.6) is 0 Å².